The zero-order valence-corrected chi connectivity index (χ0v) is 14.8. The highest BCUT2D eigenvalue weighted by Gasteiger charge is 2.28. The van der Waals surface area contributed by atoms with Crippen LogP contribution in [0.5, 0.6) is 0 Å². The highest BCUT2D eigenvalue weighted by atomic mass is 79.9. The molecule has 0 fully saturated rings. The molecule has 0 radical (unpaired) electrons. The zero-order valence-electron chi connectivity index (χ0n) is 12.5. The first-order chi connectivity index (χ1) is 9.67. The predicted molar refractivity (Wildman–Crippen MR) is 87.3 cm³/mol. The van der Waals surface area contributed by atoms with Crippen molar-refractivity contribution in [2.45, 2.75) is 45.4 Å². The number of hydrogen-bond acceptors (Lipinski definition) is 3. The van der Waals surface area contributed by atoms with Crippen LogP contribution in [0.4, 0.5) is 4.79 Å². The van der Waals surface area contributed by atoms with Crippen LogP contribution in [0.2, 0.25) is 5.02 Å². The summed E-state index contributed by atoms with van der Waals surface area (Å²) < 4.78 is 6.32. The second-order valence-corrected chi connectivity index (χ2v) is 7.54. The molecule has 0 bridgehead atoms. The minimum absolute atomic E-state index is 0.137. The van der Waals surface area contributed by atoms with E-state index in [0.717, 1.165) is 15.6 Å². The van der Waals surface area contributed by atoms with Crippen LogP contribution >= 0.6 is 27.5 Å². The summed E-state index contributed by atoms with van der Waals surface area (Å²) in [4.78, 5) is 14.0. The topological polar surface area (TPSA) is 55.6 Å². The van der Waals surface area contributed by atoms with Crippen LogP contribution < -0.4 is 5.73 Å². The summed E-state index contributed by atoms with van der Waals surface area (Å²) in [5.74, 6) is 0. The smallest absolute Gasteiger partial charge is 0.410 e. The summed E-state index contributed by atoms with van der Waals surface area (Å²) in [5, 5.41) is 0.641. The first-order valence-corrected chi connectivity index (χ1v) is 8.06. The van der Waals surface area contributed by atoms with Crippen molar-refractivity contribution in [1.82, 2.24) is 4.90 Å². The van der Waals surface area contributed by atoms with Gasteiger partial charge < -0.3 is 15.4 Å². The fourth-order valence-corrected chi connectivity index (χ4v) is 3.28. The van der Waals surface area contributed by atoms with E-state index in [-0.39, 0.29) is 12.1 Å². The average Bonchev–Trinajstić information content (AvgIpc) is 2.48. The van der Waals surface area contributed by atoms with Crippen LogP contribution in [0.25, 0.3) is 0 Å². The van der Waals surface area contributed by atoms with Gasteiger partial charge in [0.25, 0.3) is 0 Å². The molecule has 0 aromatic heterocycles. The highest BCUT2D eigenvalue weighted by molar-refractivity contribution is 9.10. The van der Waals surface area contributed by atoms with Crippen molar-refractivity contribution >= 4 is 33.6 Å². The van der Waals surface area contributed by atoms with Gasteiger partial charge in [-0.15, -0.1) is 0 Å². The number of ether oxygens (including phenoxy) is 1. The van der Waals surface area contributed by atoms with E-state index < -0.39 is 5.60 Å². The third-order valence-electron chi connectivity index (χ3n) is 3.30. The standard InChI is InChI=1S/C15H20BrClN2O2/c1-15(2,3)21-14(20)19-5-4-13(18)10-6-9(17)7-12(16)11(10)8-19/h6-7,13H,4-5,8,18H2,1-3H3/t13-/m0/s1. The van der Waals surface area contributed by atoms with Gasteiger partial charge in [0.15, 0.2) is 0 Å². The number of rotatable bonds is 0. The number of amides is 1. The maximum Gasteiger partial charge on any atom is 0.410 e. The molecule has 116 valence electrons. The van der Waals surface area contributed by atoms with Crippen molar-refractivity contribution in [3.05, 3.63) is 32.8 Å². The van der Waals surface area contributed by atoms with Crippen molar-refractivity contribution in [1.29, 1.82) is 0 Å². The lowest BCUT2D eigenvalue weighted by Crippen LogP contribution is -2.36. The average molecular weight is 376 g/mol. The molecule has 1 aliphatic heterocycles. The summed E-state index contributed by atoms with van der Waals surface area (Å²) >= 11 is 9.61. The van der Waals surface area contributed by atoms with Gasteiger partial charge in [0.05, 0.1) is 6.54 Å². The van der Waals surface area contributed by atoms with Crippen LogP contribution in [0, 0.1) is 0 Å². The molecule has 1 atom stereocenters. The van der Waals surface area contributed by atoms with Gasteiger partial charge in [-0.25, -0.2) is 4.79 Å². The molecule has 6 heteroatoms. The summed E-state index contributed by atoms with van der Waals surface area (Å²) in [5.41, 5.74) is 7.69. The Hall–Kier alpha value is -0.780. The van der Waals surface area contributed by atoms with E-state index in [1.807, 2.05) is 32.9 Å². The van der Waals surface area contributed by atoms with Crippen LogP contribution in [-0.2, 0) is 11.3 Å². The van der Waals surface area contributed by atoms with Crippen LogP contribution in [-0.4, -0.2) is 23.1 Å². The monoisotopic (exact) mass is 374 g/mol. The Morgan fingerprint density at radius 2 is 2.14 bits per heavy atom. The normalized spacial score (nSPS) is 19.0. The molecular weight excluding hydrogens is 356 g/mol. The summed E-state index contributed by atoms with van der Waals surface area (Å²) in [6.45, 7) is 6.61. The third-order valence-corrected chi connectivity index (χ3v) is 4.23. The molecule has 1 aromatic carbocycles. The molecule has 21 heavy (non-hydrogen) atoms. The van der Waals surface area contributed by atoms with Crippen molar-refractivity contribution in [2.75, 3.05) is 6.54 Å². The second-order valence-electron chi connectivity index (χ2n) is 6.25. The quantitative estimate of drug-likeness (QED) is 0.738. The molecule has 1 heterocycles. The van der Waals surface area contributed by atoms with Gasteiger partial charge >= 0.3 is 6.09 Å². The zero-order chi connectivity index (χ0) is 15.8. The van der Waals surface area contributed by atoms with E-state index >= 15 is 0 Å². The lowest BCUT2D eigenvalue weighted by Gasteiger charge is -2.26. The Balaban J connectivity index is 2.29. The Morgan fingerprint density at radius 3 is 2.76 bits per heavy atom. The van der Waals surface area contributed by atoms with Crippen LogP contribution in [0.3, 0.4) is 0 Å². The number of halogens is 2. The van der Waals surface area contributed by atoms with E-state index in [2.05, 4.69) is 15.9 Å². The lowest BCUT2D eigenvalue weighted by molar-refractivity contribution is 0.0234. The number of hydrogen-bond donors (Lipinski definition) is 1. The van der Waals surface area contributed by atoms with Gasteiger partial charge in [-0.3, -0.25) is 0 Å². The molecule has 0 saturated carbocycles. The van der Waals surface area contributed by atoms with Gasteiger partial charge in [0, 0.05) is 22.1 Å². The van der Waals surface area contributed by atoms with Gasteiger partial charge in [-0.1, -0.05) is 27.5 Å². The molecule has 0 spiro atoms. The molecule has 0 saturated heterocycles. The van der Waals surface area contributed by atoms with Crippen molar-refractivity contribution in [2.24, 2.45) is 5.73 Å². The van der Waals surface area contributed by atoms with Crippen LogP contribution in [0.1, 0.15) is 44.4 Å². The van der Waals surface area contributed by atoms with E-state index in [9.17, 15) is 4.79 Å². The van der Waals surface area contributed by atoms with E-state index in [4.69, 9.17) is 22.1 Å². The largest absolute Gasteiger partial charge is 0.444 e. The Morgan fingerprint density at radius 1 is 1.48 bits per heavy atom. The van der Waals surface area contributed by atoms with Gasteiger partial charge in [-0.05, 0) is 50.5 Å². The maximum absolute atomic E-state index is 12.3. The maximum atomic E-state index is 12.3. The van der Waals surface area contributed by atoms with E-state index in [1.165, 1.54) is 0 Å². The molecular formula is C15H20BrClN2O2. The molecule has 0 unspecified atom stereocenters. The Bertz CT molecular complexity index is 557. The second kappa shape index (κ2) is 6.15. The fourth-order valence-electron chi connectivity index (χ4n) is 2.32. The predicted octanol–water partition coefficient (Wildman–Crippen LogP) is 4.24. The van der Waals surface area contributed by atoms with E-state index in [1.54, 1.807) is 4.90 Å². The third kappa shape index (κ3) is 4.11. The van der Waals surface area contributed by atoms with Crippen molar-refractivity contribution in [3.63, 3.8) is 0 Å². The minimum Gasteiger partial charge on any atom is -0.444 e. The van der Waals surface area contributed by atoms with Gasteiger partial charge in [-0.2, -0.15) is 0 Å². The minimum atomic E-state index is -0.508. The number of carbonyl (C=O) groups is 1. The number of nitrogens with two attached hydrogens (primary N) is 1. The van der Waals surface area contributed by atoms with Gasteiger partial charge in [0.1, 0.15) is 5.60 Å². The fraction of sp³-hybridized carbons (Fsp3) is 0.533. The number of fused-ring (bicyclic) bond motifs is 1. The first-order valence-electron chi connectivity index (χ1n) is 6.88. The molecule has 2 N–H and O–H groups in total. The number of carbonyl (C=O) groups excluding carboxylic acids is 1. The summed E-state index contributed by atoms with van der Waals surface area (Å²) in [6.07, 6.45) is 0.364. The van der Waals surface area contributed by atoms with Crippen molar-refractivity contribution in [3.8, 4) is 0 Å². The Kier molecular flexibility index (Phi) is 4.85. The molecule has 4 nitrogen and oxygen atoms in total. The number of benzene rings is 1. The number of nitrogens with zero attached hydrogens (tertiary/aromatic N) is 1. The van der Waals surface area contributed by atoms with Gasteiger partial charge in [0.2, 0.25) is 0 Å². The SMILES string of the molecule is CC(C)(C)OC(=O)N1CC[C@H](N)c2cc(Cl)cc(Br)c2C1. The Labute approximate surface area is 138 Å². The summed E-state index contributed by atoms with van der Waals surface area (Å²) in [6, 6.07) is 3.57. The molecule has 1 aromatic rings. The highest BCUT2D eigenvalue weighted by Crippen LogP contribution is 2.33. The molecule has 0 aliphatic carbocycles. The first kappa shape index (κ1) is 16.6. The summed E-state index contributed by atoms with van der Waals surface area (Å²) in [7, 11) is 0. The van der Waals surface area contributed by atoms with Crippen molar-refractivity contribution < 1.29 is 9.53 Å². The van der Waals surface area contributed by atoms with E-state index in [0.29, 0.717) is 24.5 Å². The lowest BCUT2D eigenvalue weighted by atomic mass is 10.0. The van der Waals surface area contributed by atoms with Crippen LogP contribution in [0.15, 0.2) is 16.6 Å². The molecule has 1 amide bonds. The molecule has 1 aliphatic rings. The molecule has 2 rings (SSSR count).